The van der Waals surface area contributed by atoms with Crippen LogP contribution in [0.4, 0.5) is 0 Å². The molecule has 0 N–H and O–H groups in total. The molecular formula is C22H26NO5+. The molecule has 0 saturated carbocycles. The molecule has 2 saturated heterocycles. The molecule has 0 bridgehead atoms. The van der Waals surface area contributed by atoms with E-state index in [0.29, 0.717) is 12.0 Å². The highest BCUT2D eigenvalue weighted by atomic mass is 16.7. The predicted octanol–water partition coefficient (Wildman–Crippen LogP) is 2.84. The molecule has 5 aliphatic rings. The zero-order valence-corrected chi connectivity index (χ0v) is 16.6. The smallest absolute Gasteiger partial charge is 0.336 e. The van der Waals surface area contributed by atoms with E-state index in [1.54, 1.807) is 6.92 Å². The minimum absolute atomic E-state index is 0.0129. The number of esters is 2. The number of fused-ring (bicyclic) bond motifs is 2. The van der Waals surface area contributed by atoms with E-state index in [1.807, 2.05) is 13.0 Å². The average molecular weight is 384 g/mol. The van der Waals surface area contributed by atoms with Crippen LogP contribution in [0.25, 0.3) is 0 Å². The maximum atomic E-state index is 12.1. The molecule has 0 amide bonds. The first-order valence-electron chi connectivity index (χ1n) is 10.3. The van der Waals surface area contributed by atoms with Gasteiger partial charge in [0, 0.05) is 36.5 Å². The first kappa shape index (κ1) is 17.9. The van der Waals surface area contributed by atoms with Crippen LogP contribution in [-0.4, -0.2) is 40.7 Å². The van der Waals surface area contributed by atoms with E-state index in [4.69, 9.17) is 14.2 Å². The van der Waals surface area contributed by atoms with Gasteiger partial charge in [0.05, 0.1) is 17.9 Å². The quantitative estimate of drug-likeness (QED) is 0.514. The maximum absolute atomic E-state index is 12.1. The number of rotatable bonds is 1. The van der Waals surface area contributed by atoms with Gasteiger partial charge in [-0.2, -0.15) is 4.58 Å². The Morgan fingerprint density at radius 3 is 2.75 bits per heavy atom. The Hall–Kier alpha value is -2.21. The van der Waals surface area contributed by atoms with Gasteiger partial charge in [-0.3, -0.25) is 4.79 Å². The minimum Gasteiger partial charge on any atom is -0.425 e. The molecule has 28 heavy (non-hydrogen) atoms. The topological polar surface area (TPSA) is 64.8 Å². The number of carbonyl (C=O) groups is 2. The van der Waals surface area contributed by atoms with Crippen LogP contribution in [0, 0.1) is 17.8 Å². The molecule has 0 aromatic heterocycles. The van der Waals surface area contributed by atoms with Gasteiger partial charge in [0.25, 0.3) is 0 Å². The molecule has 1 spiro atoms. The predicted molar refractivity (Wildman–Crippen MR) is 100 cm³/mol. The van der Waals surface area contributed by atoms with Crippen molar-refractivity contribution in [1.29, 1.82) is 0 Å². The average Bonchev–Trinajstić information content (AvgIpc) is 3.33. The molecule has 6 heteroatoms. The Kier molecular flexibility index (Phi) is 3.92. The fraction of sp³-hybridized carbons (Fsp3) is 0.591. The zero-order chi connectivity index (χ0) is 19.6. The zero-order valence-electron chi connectivity index (χ0n) is 16.6. The van der Waals surface area contributed by atoms with Crippen molar-refractivity contribution in [2.24, 2.45) is 17.8 Å². The van der Waals surface area contributed by atoms with Crippen molar-refractivity contribution in [3.63, 3.8) is 0 Å². The second-order valence-corrected chi connectivity index (χ2v) is 8.52. The molecule has 0 radical (unpaired) electrons. The highest BCUT2D eigenvalue weighted by Crippen LogP contribution is 2.50. The summed E-state index contributed by atoms with van der Waals surface area (Å²) in [6.07, 6.45) is 9.48. The fourth-order valence-corrected chi connectivity index (χ4v) is 5.44. The van der Waals surface area contributed by atoms with Gasteiger partial charge in [0.1, 0.15) is 6.54 Å². The summed E-state index contributed by atoms with van der Waals surface area (Å²) in [7, 11) is 0. The lowest BCUT2D eigenvalue weighted by Gasteiger charge is -2.27. The van der Waals surface area contributed by atoms with Gasteiger partial charge in [0.15, 0.2) is 11.5 Å². The summed E-state index contributed by atoms with van der Waals surface area (Å²) in [5.74, 6) is -0.489. The van der Waals surface area contributed by atoms with Gasteiger partial charge in [-0.15, -0.1) is 0 Å². The first-order chi connectivity index (χ1) is 13.4. The van der Waals surface area contributed by atoms with Gasteiger partial charge in [-0.05, 0) is 25.8 Å². The standard InChI is InChI=1S/C22H26NO5/c1-4-14-19-16-8-7-15(18-10-12(2)20(24)26-18)23(16)9-5-6-17(19)27-22(14)11-13(3)21(25)28-22/h7-8,11-12,14,17,19H,4-6,9-10H2,1-3H3/q+1/b18-15-/t12-,14-,17+,19+,22-/m0/s1. The van der Waals surface area contributed by atoms with Crippen LogP contribution in [0.3, 0.4) is 0 Å². The van der Waals surface area contributed by atoms with Crippen molar-refractivity contribution in [3.05, 3.63) is 35.3 Å². The van der Waals surface area contributed by atoms with Crippen molar-refractivity contribution in [2.45, 2.75) is 58.3 Å². The molecular weight excluding hydrogens is 358 g/mol. The third kappa shape index (κ3) is 2.40. The molecule has 148 valence electrons. The molecule has 0 unspecified atom stereocenters. The van der Waals surface area contributed by atoms with Crippen LogP contribution < -0.4 is 0 Å². The summed E-state index contributed by atoms with van der Waals surface area (Å²) in [6.45, 7) is 6.69. The summed E-state index contributed by atoms with van der Waals surface area (Å²) in [6, 6.07) is 0. The number of allylic oxidation sites excluding steroid dienone is 3. The minimum atomic E-state index is -0.945. The summed E-state index contributed by atoms with van der Waals surface area (Å²) in [4.78, 5) is 24.0. The molecule has 5 atom stereocenters. The van der Waals surface area contributed by atoms with Crippen LogP contribution in [-0.2, 0) is 23.8 Å². The Balaban J connectivity index is 1.57. The number of carbonyl (C=O) groups excluding carboxylic acids is 2. The maximum Gasteiger partial charge on any atom is 0.336 e. The van der Waals surface area contributed by atoms with E-state index in [-0.39, 0.29) is 35.8 Å². The Labute approximate surface area is 164 Å². The van der Waals surface area contributed by atoms with Crippen molar-refractivity contribution < 1.29 is 28.4 Å². The normalized spacial score (nSPS) is 41.9. The van der Waals surface area contributed by atoms with Crippen molar-refractivity contribution in [2.75, 3.05) is 6.54 Å². The molecule has 0 aliphatic carbocycles. The van der Waals surface area contributed by atoms with Crippen LogP contribution in [0.1, 0.15) is 46.5 Å². The largest absolute Gasteiger partial charge is 0.425 e. The molecule has 0 aromatic carbocycles. The SMILES string of the molecule is CC[C@H]1[C@@H]2C3=[N+](CCC[C@H]2O[C@]12C=C(C)C(=O)O2)/C(=C1/C[C@H](C)C(=O)O1)C=C3. The highest BCUT2D eigenvalue weighted by molar-refractivity contribution is 5.97. The monoisotopic (exact) mass is 384 g/mol. The van der Waals surface area contributed by atoms with Gasteiger partial charge in [-0.1, -0.05) is 13.8 Å². The third-order valence-corrected chi connectivity index (χ3v) is 6.75. The second-order valence-electron chi connectivity index (χ2n) is 8.52. The summed E-state index contributed by atoms with van der Waals surface area (Å²) >= 11 is 0. The summed E-state index contributed by atoms with van der Waals surface area (Å²) in [5.41, 5.74) is 2.81. The van der Waals surface area contributed by atoms with E-state index in [2.05, 4.69) is 23.7 Å². The van der Waals surface area contributed by atoms with E-state index in [1.165, 1.54) is 5.71 Å². The Morgan fingerprint density at radius 1 is 1.29 bits per heavy atom. The van der Waals surface area contributed by atoms with E-state index < -0.39 is 5.79 Å². The molecule has 6 nitrogen and oxygen atoms in total. The fourth-order valence-electron chi connectivity index (χ4n) is 5.44. The van der Waals surface area contributed by atoms with Crippen LogP contribution in [0.5, 0.6) is 0 Å². The lowest BCUT2D eigenvalue weighted by atomic mass is 9.79. The number of hydrogen-bond acceptors (Lipinski definition) is 5. The van der Waals surface area contributed by atoms with Gasteiger partial charge in [0.2, 0.25) is 11.5 Å². The molecule has 2 fully saturated rings. The van der Waals surface area contributed by atoms with Crippen molar-refractivity contribution >= 4 is 17.7 Å². The van der Waals surface area contributed by atoms with Gasteiger partial charge in [-0.25, -0.2) is 4.79 Å². The Morgan fingerprint density at radius 2 is 2.11 bits per heavy atom. The molecule has 5 heterocycles. The van der Waals surface area contributed by atoms with Crippen LogP contribution in [0.2, 0.25) is 0 Å². The summed E-state index contributed by atoms with van der Waals surface area (Å²) < 4.78 is 20.1. The summed E-state index contributed by atoms with van der Waals surface area (Å²) in [5, 5.41) is 0. The third-order valence-electron chi connectivity index (χ3n) is 6.75. The van der Waals surface area contributed by atoms with Crippen molar-refractivity contribution in [1.82, 2.24) is 0 Å². The number of nitrogens with zero attached hydrogens (tertiary/aromatic N) is 1. The van der Waals surface area contributed by atoms with Gasteiger partial charge >= 0.3 is 11.9 Å². The lowest BCUT2D eigenvalue weighted by Crippen LogP contribution is -2.38. The van der Waals surface area contributed by atoms with Crippen LogP contribution >= 0.6 is 0 Å². The number of ether oxygens (including phenoxy) is 3. The number of hydrogen-bond donors (Lipinski definition) is 0. The second kappa shape index (κ2) is 6.14. The Bertz CT molecular complexity index is 895. The lowest BCUT2D eigenvalue weighted by molar-refractivity contribution is -0.472. The van der Waals surface area contributed by atoms with E-state index in [9.17, 15) is 9.59 Å². The molecule has 0 aromatic rings. The van der Waals surface area contributed by atoms with Crippen LogP contribution in [0.15, 0.2) is 35.3 Å². The molecule has 5 aliphatic heterocycles. The number of cyclic esters (lactones) is 1. The molecule has 5 rings (SSSR count). The van der Waals surface area contributed by atoms with E-state index in [0.717, 1.165) is 37.3 Å². The van der Waals surface area contributed by atoms with Crippen molar-refractivity contribution in [3.8, 4) is 0 Å². The highest BCUT2D eigenvalue weighted by Gasteiger charge is 2.61. The first-order valence-corrected chi connectivity index (χ1v) is 10.3. The van der Waals surface area contributed by atoms with E-state index >= 15 is 0 Å². The van der Waals surface area contributed by atoms with Gasteiger partial charge < -0.3 is 14.2 Å².